The first-order valence-corrected chi connectivity index (χ1v) is 6.32. The van der Waals surface area contributed by atoms with Crippen LogP contribution in [0.4, 0.5) is 4.79 Å². The van der Waals surface area contributed by atoms with E-state index in [1.807, 2.05) is 6.92 Å². The van der Waals surface area contributed by atoms with Gasteiger partial charge >= 0.3 is 12.0 Å². The molecule has 1 aromatic heterocycles. The van der Waals surface area contributed by atoms with Gasteiger partial charge in [-0.15, -0.1) is 0 Å². The van der Waals surface area contributed by atoms with Gasteiger partial charge in [0.1, 0.15) is 5.82 Å². The van der Waals surface area contributed by atoms with Crippen LogP contribution in [0, 0.1) is 0 Å². The molecule has 0 saturated heterocycles. The van der Waals surface area contributed by atoms with Gasteiger partial charge in [0.2, 0.25) is 0 Å². The van der Waals surface area contributed by atoms with E-state index in [1.165, 1.54) is 0 Å². The van der Waals surface area contributed by atoms with Crippen LogP contribution in [-0.4, -0.2) is 39.7 Å². The number of carboxylic acid groups (broad SMARTS) is 1. The summed E-state index contributed by atoms with van der Waals surface area (Å²) in [5.41, 5.74) is 0. The topological polar surface area (TPSA) is 107 Å². The van der Waals surface area contributed by atoms with Crippen molar-refractivity contribution >= 4 is 12.0 Å². The molecule has 0 spiro atoms. The number of hydrogen-bond donors (Lipinski definition) is 4. The highest BCUT2D eigenvalue weighted by Gasteiger charge is 2.07. The van der Waals surface area contributed by atoms with Gasteiger partial charge in [-0.3, -0.25) is 4.79 Å². The second-order valence-electron chi connectivity index (χ2n) is 4.37. The molecule has 7 nitrogen and oxygen atoms in total. The molecule has 2 amide bonds. The van der Waals surface area contributed by atoms with E-state index in [9.17, 15) is 9.59 Å². The van der Waals surface area contributed by atoms with E-state index >= 15 is 0 Å². The Morgan fingerprint density at radius 1 is 1.53 bits per heavy atom. The fourth-order valence-electron chi connectivity index (χ4n) is 1.64. The lowest BCUT2D eigenvalue weighted by Gasteiger charge is -2.13. The van der Waals surface area contributed by atoms with Gasteiger partial charge in [-0.05, 0) is 19.8 Å². The number of urea groups is 1. The lowest BCUT2D eigenvalue weighted by atomic mass is 10.1. The highest BCUT2D eigenvalue weighted by atomic mass is 16.4. The van der Waals surface area contributed by atoms with Crippen molar-refractivity contribution in [1.29, 1.82) is 0 Å². The Morgan fingerprint density at radius 3 is 2.95 bits per heavy atom. The molecule has 0 fully saturated rings. The number of carbonyl (C=O) groups is 2. The minimum absolute atomic E-state index is 0.0389. The molecule has 1 unspecified atom stereocenters. The first-order chi connectivity index (χ1) is 9.08. The lowest BCUT2D eigenvalue weighted by molar-refractivity contribution is -0.137. The highest BCUT2D eigenvalue weighted by molar-refractivity contribution is 5.74. The number of H-pyrrole nitrogens is 1. The van der Waals surface area contributed by atoms with E-state index < -0.39 is 5.97 Å². The first-order valence-electron chi connectivity index (χ1n) is 6.32. The minimum atomic E-state index is -0.810. The molecule has 4 N–H and O–H groups in total. The third-order valence-corrected chi connectivity index (χ3v) is 2.61. The van der Waals surface area contributed by atoms with Gasteiger partial charge in [-0.2, -0.15) is 0 Å². The average molecular weight is 268 g/mol. The number of nitrogens with zero attached hydrogens (tertiary/aromatic N) is 1. The molecule has 0 saturated carbocycles. The van der Waals surface area contributed by atoms with Crippen molar-refractivity contribution in [2.45, 2.75) is 38.6 Å². The first kappa shape index (κ1) is 15.0. The zero-order valence-electron chi connectivity index (χ0n) is 11.0. The molecule has 7 heteroatoms. The van der Waals surface area contributed by atoms with Crippen molar-refractivity contribution in [3.63, 3.8) is 0 Å². The van der Waals surface area contributed by atoms with Crippen LogP contribution < -0.4 is 10.6 Å². The van der Waals surface area contributed by atoms with Gasteiger partial charge in [0.05, 0.1) is 0 Å². The Balaban J connectivity index is 2.07. The molecule has 1 aromatic rings. The summed E-state index contributed by atoms with van der Waals surface area (Å²) in [5.74, 6) is 0.0184. The average Bonchev–Trinajstić information content (AvgIpc) is 2.81. The van der Waals surface area contributed by atoms with Gasteiger partial charge in [0.25, 0.3) is 0 Å². The second kappa shape index (κ2) is 8.12. The number of aliphatic carboxylic acids is 1. The SMILES string of the molecule is CC(CCCC(=O)O)NC(=O)NCCc1ncc[nH]1. The van der Waals surface area contributed by atoms with E-state index in [-0.39, 0.29) is 18.5 Å². The summed E-state index contributed by atoms with van der Waals surface area (Å²) in [4.78, 5) is 28.9. The quantitative estimate of drug-likeness (QED) is 0.561. The number of carbonyl (C=O) groups excluding carboxylic acids is 1. The van der Waals surface area contributed by atoms with Crippen molar-refractivity contribution in [3.8, 4) is 0 Å². The van der Waals surface area contributed by atoms with E-state index in [0.717, 1.165) is 5.82 Å². The number of rotatable bonds is 8. The molecule has 0 aliphatic carbocycles. The maximum atomic E-state index is 11.5. The molecular formula is C12H20N4O3. The molecule has 1 heterocycles. The molecule has 0 bridgehead atoms. The van der Waals surface area contributed by atoms with Gasteiger partial charge in [-0.1, -0.05) is 0 Å². The summed E-state index contributed by atoms with van der Waals surface area (Å²) < 4.78 is 0. The lowest BCUT2D eigenvalue weighted by Crippen LogP contribution is -2.41. The molecule has 1 atom stereocenters. The molecule has 106 valence electrons. The summed E-state index contributed by atoms with van der Waals surface area (Å²) in [5, 5.41) is 14.0. The molecule has 19 heavy (non-hydrogen) atoms. The van der Waals surface area contributed by atoms with Gasteiger partial charge in [0.15, 0.2) is 0 Å². The zero-order chi connectivity index (χ0) is 14.1. The largest absolute Gasteiger partial charge is 0.481 e. The number of nitrogens with one attached hydrogen (secondary N) is 3. The Morgan fingerprint density at radius 2 is 2.32 bits per heavy atom. The fraction of sp³-hybridized carbons (Fsp3) is 0.583. The molecule has 0 radical (unpaired) electrons. The maximum Gasteiger partial charge on any atom is 0.315 e. The van der Waals surface area contributed by atoms with Crippen LogP contribution in [0.25, 0.3) is 0 Å². The summed E-state index contributed by atoms with van der Waals surface area (Å²) in [6, 6.07) is -0.280. The summed E-state index contributed by atoms with van der Waals surface area (Å²) in [6.07, 6.45) is 5.39. The van der Waals surface area contributed by atoms with Crippen LogP contribution in [0.15, 0.2) is 12.4 Å². The van der Waals surface area contributed by atoms with E-state index in [0.29, 0.717) is 25.8 Å². The van der Waals surface area contributed by atoms with Crippen molar-refractivity contribution < 1.29 is 14.7 Å². The highest BCUT2D eigenvalue weighted by Crippen LogP contribution is 2.00. The van der Waals surface area contributed by atoms with Crippen molar-refractivity contribution in [2.75, 3.05) is 6.54 Å². The maximum absolute atomic E-state index is 11.5. The fourth-order valence-corrected chi connectivity index (χ4v) is 1.64. The summed E-state index contributed by atoms with van der Waals surface area (Å²) in [6.45, 7) is 2.36. The van der Waals surface area contributed by atoms with Crippen LogP contribution in [0.1, 0.15) is 32.0 Å². The second-order valence-corrected chi connectivity index (χ2v) is 4.37. The summed E-state index contributed by atoms with van der Waals surface area (Å²) >= 11 is 0. The van der Waals surface area contributed by atoms with Gasteiger partial charge in [-0.25, -0.2) is 9.78 Å². The molecule has 0 aromatic carbocycles. The number of aromatic amines is 1. The van der Waals surface area contributed by atoms with Crippen LogP contribution in [0.5, 0.6) is 0 Å². The molecule has 0 aliphatic rings. The Hall–Kier alpha value is -2.05. The van der Waals surface area contributed by atoms with Crippen molar-refractivity contribution in [3.05, 3.63) is 18.2 Å². The Labute approximate surface area is 111 Å². The number of aromatic nitrogens is 2. The van der Waals surface area contributed by atoms with Crippen molar-refractivity contribution in [1.82, 2.24) is 20.6 Å². The van der Waals surface area contributed by atoms with Crippen LogP contribution in [0.3, 0.4) is 0 Å². The minimum Gasteiger partial charge on any atom is -0.481 e. The van der Waals surface area contributed by atoms with Crippen molar-refractivity contribution in [2.24, 2.45) is 0 Å². The number of hydrogen-bond acceptors (Lipinski definition) is 3. The van der Waals surface area contributed by atoms with Crippen LogP contribution >= 0.6 is 0 Å². The standard InChI is InChI=1S/C12H20N4O3/c1-9(3-2-4-11(17)18)16-12(19)15-6-5-10-13-7-8-14-10/h7-9H,2-6H2,1H3,(H,13,14)(H,17,18)(H2,15,16,19). The monoisotopic (exact) mass is 268 g/mol. The van der Waals surface area contributed by atoms with Gasteiger partial charge < -0.3 is 20.7 Å². The molecule has 1 rings (SSSR count). The Kier molecular flexibility index (Phi) is 6.42. The summed E-state index contributed by atoms with van der Waals surface area (Å²) in [7, 11) is 0. The number of carboxylic acids is 1. The normalized spacial score (nSPS) is 11.8. The zero-order valence-corrected chi connectivity index (χ0v) is 11.0. The number of imidazole rings is 1. The predicted octanol–water partition coefficient (Wildman–Crippen LogP) is 0.895. The van der Waals surface area contributed by atoms with Gasteiger partial charge in [0, 0.05) is 37.8 Å². The van der Waals surface area contributed by atoms with E-state index in [2.05, 4.69) is 20.6 Å². The van der Waals surface area contributed by atoms with E-state index in [1.54, 1.807) is 12.4 Å². The number of amides is 2. The van der Waals surface area contributed by atoms with Crippen LogP contribution in [0.2, 0.25) is 0 Å². The third-order valence-electron chi connectivity index (χ3n) is 2.61. The Bertz CT molecular complexity index is 392. The smallest absolute Gasteiger partial charge is 0.315 e. The van der Waals surface area contributed by atoms with Crippen LogP contribution in [-0.2, 0) is 11.2 Å². The molecular weight excluding hydrogens is 248 g/mol. The van der Waals surface area contributed by atoms with E-state index in [4.69, 9.17) is 5.11 Å². The third kappa shape index (κ3) is 7.07. The predicted molar refractivity (Wildman–Crippen MR) is 69.8 cm³/mol. The molecule has 0 aliphatic heterocycles.